The Bertz CT molecular complexity index is 509. The number of nitrogens with zero attached hydrogens (tertiary/aromatic N) is 1. The van der Waals surface area contributed by atoms with Crippen molar-refractivity contribution in [3.05, 3.63) is 29.6 Å². The molecule has 0 saturated heterocycles. The molecule has 15 heavy (non-hydrogen) atoms. The Labute approximate surface area is 88.7 Å². The van der Waals surface area contributed by atoms with Gasteiger partial charge in [-0.15, -0.1) is 0 Å². The van der Waals surface area contributed by atoms with E-state index in [1.165, 1.54) is 12.0 Å². The molecule has 0 unspecified atom stereocenters. The molecule has 0 radical (unpaired) electrons. The molecule has 1 saturated carbocycles. The zero-order valence-electron chi connectivity index (χ0n) is 8.88. The van der Waals surface area contributed by atoms with Gasteiger partial charge in [0.2, 0.25) is 0 Å². The summed E-state index contributed by atoms with van der Waals surface area (Å²) >= 11 is 0. The zero-order chi connectivity index (χ0) is 10.5. The number of H-pyrrole nitrogens is 1. The van der Waals surface area contributed by atoms with Crippen LogP contribution in [0.2, 0.25) is 0 Å². The van der Waals surface area contributed by atoms with Gasteiger partial charge in [0, 0.05) is 0 Å². The molecule has 78 valence electrons. The third-order valence-corrected chi connectivity index (χ3v) is 3.35. The van der Waals surface area contributed by atoms with Gasteiger partial charge in [0.1, 0.15) is 5.82 Å². The van der Waals surface area contributed by atoms with Crippen LogP contribution in [0, 0.1) is 6.92 Å². The number of imidazole rings is 1. The second kappa shape index (κ2) is 2.83. The SMILES string of the molecule is Cc1ccc2nc(C3(N)CCC3)[nH]c2c1. The molecule has 0 spiro atoms. The average Bonchev–Trinajstić information content (AvgIpc) is 2.57. The van der Waals surface area contributed by atoms with Crippen molar-refractivity contribution in [1.82, 2.24) is 9.97 Å². The van der Waals surface area contributed by atoms with E-state index in [1.54, 1.807) is 0 Å². The molecule has 1 heterocycles. The van der Waals surface area contributed by atoms with Gasteiger partial charge in [-0.3, -0.25) is 0 Å². The quantitative estimate of drug-likeness (QED) is 0.743. The molecule has 1 aliphatic carbocycles. The van der Waals surface area contributed by atoms with Gasteiger partial charge >= 0.3 is 0 Å². The lowest BCUT2D eigenvalue weighted by Gasteiger charge is -2.35. The molecule has 0 atom stereocenters. The van der Waals surface area contributed by atoms with Gasteiger partial charge in [-0.2, -0.15) is 0 Å². The molecular formula is C12H15N3. The fourth-order valence-electron chi connectivity index (χ4n) is 2.15. The van der Waals surface area contributed by atoms with Crippen molar-refractivity contribution in [3.8, 4) is 0 Å². The number of aromatic amines is 1. The van der Waals surface area contributed by atoms with Crippen LogP contribution in [0.5, 0.6) is 0 Å². The summed E-state index contributed by atoms with van der Waals surface area (Å²) in [6, 6.07) is 6.25. The first-order valence-corrected chi connectivity index (χ1v) is 5.43. The van der Waals surface area contributed by atoms with Crippen molar-refractivity contribution in [2.24, 2.45) is 5.73 Å². The molecule has 3 rings (SSSR count). The molecule has 1 aliphatic rings. The third kappa shape index (κ3) is 1.27. The average molecular weight is 201 g/mol. The summed E-state index contributed by atoms with van der Waals surface area (Å²) in [6.07, 6.45) is 3.31. The van der Waals surface area contributed by atoms with Gasteiger partial charge in [-0.05, 0) is 43.9 Å². The molecule has 0 amide bonds. The van der Waals surface area contributed by atoms with Crippen LogP contribution in [0.4, 0.5) is 0 Å². The number of benzene rings is 1. The van der Waals surface area contributed by atoms with E-state index in [0.717, 1.165) is 29.7 Å². The van der Waals surface area contributed by atoms with Gasteiger partial charge in [0.05, 0.1) is 16.6 Å². The number of aromatic nitrogens is 2. The number of hydrogen-bond acceptors (Lipinski definition) is 2. The van der Waals surface area contributed by atoms with E-state index in [1.807, 2.05) is 6.07 Å². The largest absolute Gasteiger partial charge is 0.340 e. The van der Waals surface area contributed by atoms with Gasteiger partial charge in [0.25, 0.3) is 0 Å². The van der Waals surface area contributed by atoms with Crippen molar-refractivity contribution in [1.29, 1.82) is 0 Å². The van der Waals surface area contributed by atoms with Gasteiger partial charge in [-0.1, -0.05) is 6.07 Å². The number of rotatable bonds is 1. The Balaban J connectivity index is 2.14. The second-order valence-corrected chi connectivity index (χ2v) is 4.62. The maximum atomic E-state index is 6.23. The van der Waals surface area contributed by atoms with E-state index >= 15 is 0 Å². The number of hydrogen-bond donors (Lipinski definition) is 2. The minimum atomic E-state index is -0.188. The summed E-state index contributed by atoms with van der Waals surface area (Å²) in [5.41, 5.74) is 9.41. The first-order chi connectivity index (χ1) is 7.17. The lowest BCUT2D eigenvalue weighted by Crippen LogP contribution is -2.44. The van der Waals surface area contributed by atoms with Gasteiger partial charge in [-0.25, -0.2) is 4.98 Å². The van der Waals surface area contributed by atoms with Crippen LogP contribution in [0.1, 0.15) is 30.7 Å². The maximum Gasteiger partial charge on any atom is 0.127 e. The topological polar surface area (TPSA) is 54.7 Å². The molecule has 0 bridgehead atoms. The van der Waals surface area contributed by atoms with Gasteiger partial charge in [0.15, 0.2) is 0 Å². The van der Waals surface area contributed by atoms with E-state index in [2.05, 4.69) is 29.0 Å². The molecule has 1 aromatic heterocycles. The fourth-order valence-corrected chi connectivity index (χ4v) is 2.15. The van der Waals surface area contributed by atoms with E-state index in [9.17, 15) is 0 Å². The highest BCUT2D eigenvalue weighted by molar-refractivity contribution is 5.76. The van der Waals surface area contributed by atoms with Crippen molar-refractivity contribution in [2.75, 3.05) is 0 Å². The van der Waals surface area contributed by atoms with Crippen LogP contribution in [0.15, 0.2) is 18.2 Å². The first-order valence-electron chi connectivity index (χ1n) is 5.43. The Hall–Kier alpha value is -1.35. The smallest absolute Gasteiger partial charge is 0.127 e. The van der Waals surface area contributed by atoms with E-state index in [4.69, 9.17) is 5.73 Å². The molecule has 0 aliphatic heterocycles. The predicted octanol–water partition coefficient (Wildman–Crippen LogP) is 2.21. The standard InChI is InChI=1S/C12H15N3/c1-8-3-4-9-10(7-8)15-11(14-9)12(13)5-2-6-12/h3-4,7H,2,5-6,13H2,1H3,(H,14,15). The predicted molar refractivity (Wildman–Crippen MR) is 60.5 cm³/mol. The number of aryl methyl sites for hydroxylation is 1. The highest BCUT2D eigenvalue weighted by Gasteiger charge is 2.37. The van der Waals surface area contributed by atoms with Crippen LogP contribution in [-0.4, -0.2) is 9.97 Å². The Kier molecular flexibility index (Phi) is 1.68. The van der Waals surface area contributed by atoms with Crippen LogP contribution >= 0.6 is 0 Å². The molecular weight excluding hydrogens is 186 g/mol. The molecule has 3 nitrogen and oxygen atoms in total. The first kappa shape index (κ1) is 8.92. The summed E-state index contributed by atoms with van der Waals surface area (Å²) in [5.74, 6) is 0.953. The summed E-state index contributed by atoms with van der Waals surface area (Å²) in [6.45, 7) is 2.08. The summed E-state index contributed by atoms with van der Waals surface area (Å²) in [7, 11) is 0. The normalized spacial score (nSPS) is 19.1. The second-order valence-electron chi connectivity index (χ2n) is 4.62. The van der Waals surface area contributed by atoms with Crippen molar-refractivity contribution in [2.45, 2.75) is 31.7 Å². The number of nitrogens with two attached hydrogens (primary N) is 1. The van der Waals surface area contributed by atoms with Crippen molar-refractivity contribution in [3.63, 3.8) is 0 Å². The zero-order valence-corrected chi connectivity index (χ0v) is 8.88. The van der Waals surface area contributed by atoms with Crippen LogP contribution in [-0.2, 0) is 5.54 Å². The Morgan fingerprint density at radius 1 is 1.40 bits per heavy atom. The lowest BCUT2D eigenvalue weighted by atomic mass is 9.77. The van der Waals surface area contributed by atoms with E-state index in [0.29, 0.717) is 0 Å². The Morgan fingerprint density at radius 2 is 2.20 bits per heavy atom. The highest BCUT2D eigenvalue weighted by Crippen LogP contribution is 2.37. The number of fused-ring (bicyclic) bond motifs is 1. The summed E-state index contributed by atoms with van der Waals surface area (Å²) in [5, 5.41) is 0. The Morgan fingerprint density at radius 3 is 2.87 bits per heavy atom. The fraction of sp³-hybridized carbons (Fsp3) is 0.417. The van der Waals surface area contributed by atoms with Crippen LogP contribution < -0.4 is 5.73 Å². The summed E-state index contributed by atoms with van der Waals surface area (Å²) in [4.78, 5) is 7.91. The highest BCUT2D eigenvalue weighted by atomic mass is 15.0. The van der Waals surface area contributed by atoms with E-state index in [-0.39, 0.29) is 5.54 Å². The third-order valence-electron chi connectivity index (χ3n) is 3.35. The van der Waals surface area contributed by atoms with Gasteiger partial charge < -0.3 is 10.7 Å². The maximum absolute atomic E-state index is 6.23. The van der Waals surface area contributed by atoms with Crippen LogP contribution in [0.3, 0.4) is 0 Å². The summed E-state index contributed by atoms with van der Waals surface area (Å²) < 4.78 is 0. The molecule has 3 N–H and O–H groups in total. The molecule has 1 aromatic carbocycles. The van der Waals surface area contributed by atoms with Crippen molar-refractivity contribution < 1.29 is 0 Å². The monoisotopic (exact) mass is 201 g/mol. The molecule has 1 fully saturated rings. The lowest BCUT2D eigenvalue weighted by molar-refractivity contribution is 0.240. The van der Waals surface area contributed by atoms with Crippen LogP contribution in [0.25, 0.3) is 11.0 Å². The molecule has 2 aromatic rings. The number of nitrogens with one attached hydrogen (secondary N) is 1. The minimum absolute atomic E-state index is 0.188. The minimum Gasteiger partial charge on any atom is -0.340 e. The molecule has 3 heteroatoms. The van der Waals surface area contributed by atoms with E-state index < -0.39 is 0 Å². The van der Waals surface area contributed by atoms with Crippen molar-refractivity contribution >= 4 is 11.0 Å².